The molecule has 0 amide bonds. The van der Waals surface area contributed by atoms with Crippen molar-refractivity contribution in [3.8, 4) is 0 Å². The predicted octanol–water partition coefficient (Wildman–Crippen LogP) is 4.25. The summed E-state index contributed by atoms with van der Waals surface area (Å²) in [6.07, 6.45) is 10.5. The van der Waals surface area contributed by atoms with Crippen molar-refractivity contribution in [3.63, 3.8) is 0 Å². The maximum atomic E-state index is 12.1. The van der Waals surface area contributed by atoms with Crippen LogP contribution in [-0.2, 0) is 9.59 Å². The van der Waals surface area contributed by atoms with Crippen LogP contribution in [0.3, 0.4) is 0 Å². The number of hydrogen-bond donors (Lipinski definition) is 0. The summed E-state index contributed by atoms with van der Waals surface area (Å²) in [7, 11) is 0. The fraction of sp³-hybridized carbons (Fsp3) is 0.700. The zero-order chi connectivity index (χ0) is 15.7. The largest absolute Gasteiger partial charge is 0.300 e. The van der Waals surface area contributed by atoms with Crippen LogP contribution < -0.4 is 0 Å². The molecule has 0 aromatic rings. The van der Waals surface area contributed by atoms with Crippen LogP contribution in [0.5, 0.6) is 0 Å². The van der Waals surface area contributed by atoms with Crippen molar-refractivity contribution in [2.24, 2.45) is 28.6 Å². The molecule has 0 aromatic heterocycles. The lowest BCUT2D eigenvalue weighted by molar-refractivity contribution is -0.124. The Morgan fingerprint density at radius 2 is 2.00 bits per heavy atom. The van der Waals surface area contributed by atoms with Gasteiger partial charge in [0.2, 0.25) is 0 Å². The van der Waals surface area contributed by atoms with Gasteiger partial charge in [-0.25, -0.2) is 0 Å². The van der Waals surface area contributed by atoms with Gasteiger partial charge in [0.1, 0.15) is 5.78 Å². The van der Waals surface area contributed by atoms with Gasteiger partial charge in [-0.1, -0.05) is 31.1 Å². The number of fused-ring (bicyclic) bond motifs is 5. The SMILES string of the molecule is CC(=O)[C@@H]1CC[C@H]2[C@H]3CCC4=CC(=O)C[C@]4(C)C3=CC[C@]12C. The zero-order valence-corrected chi connectivity index (χ0v) is 13.9. The van der Waals surface area contributed by atoms with Crippen LogP contribution in [0.4, 0.5) is 0 Å². The molecule has 4 aliphatic carbocycles. The quantitative estimate of drug-likeness (QED) is 0.678. The topological polar surface area (TPSA) is 34.1 Å². The van der Waals surface area contributed by atoms with Crippen molar-refractivity contribution in [2.75, 3.05) is 0 Å². The number of rotatable bonds is 1. The van der Waals surface area contributed by atoms with E-state index in [9.17, 15) is 9.59 Å². The van der Waals surface area contributed by atoms with Crippen LogP contribution in [0, 0.1) is 28.6 Å². The fourth-order valence-electron chi connectivity index (χ4n) is 6.39. The van der Waals surface area contributed by atoms with Crippen molar-refractivity contribution in [1.29, 1.82) is 0 Å². The van der Waals surface area contributed by atoms with Gasteiger partial charge < -0.3 is 0 Å². The molecule has 0 heterocycles. The molecule has 2 nitrogen and oxygen atoms in total. The predicted molar refractivity (Wildman–Crippen MR) is 86.2 cm³/mol. The monoisotopic (exact) mass is 298 g/mol. The Morgan fingerprint density at radius 1 is 1.23 bits per heavy atom. The molecule has 0 radical (unpaired) electrons. The highest BCUT2D eigenvalue weighted by Crippen LogP contribution is 2.64. The third-order valence-corrected chi connectivity index (χ3v) is 7.48. The Hall–Kier alpha value is -1.18. The number of carbonyl (C=O) groups excluding carboxylic acids is 2. The summed E-state index contributed by atoms with van der Waals surface area (Å²) in [5.41, 5.74) is 3.04. The lowest BCUT2D eigenvalue weighted by atomic mass is 9.53. The highest BCUT2D eigenvalue weighted by Gasteiger charge is 2.57. The molecular weight excluding hydrogens is 272 g/mol. The average molecular weight is 298 g/mol. The van der Waals surface area contributed by atoms with Crippen molar-refractivity contribution < 1.29 is 9.59 Å². The molecule has 5 atom stereocenters. The van der Waals surface area contributed by atoms with E-state index in [4.69, 9.17) is 0 Å². The molecule has 2 fully saturated rings. The van der Waals surface area contributed by atoms with E-state index in [0.717, 1.165) is 19.3 Å². The first kappa shape index (κ1) is 14.4. The van der Waals surface area contributed by atoms with Gasteiger partial charge in [-0.05, 0) is 62.4 Å². The Bertz CT molecular complexity index is 626. The molecule has 0 saturated heterocycles. The molecule has 118 valence electrons. The van der Waals surface area contributed by atoms with Crippen LogP contribution in [0.25, 0.3) is 0 Å². The number of Topliss-reactive ketones (excluding diaryl/α,β-unsaturated/α-hetero) is 1. The second kappa shape index (κ2) is 4.43. The maximum absolute atomic E-state index is 12.1. The highest BCUT2D eigenvalue weighted by molar-refractivity contribution is 5.95. The summed E-state index contributed by atoms with van der Waals surface area (Å²) in [5, 5.41) is 0. The average Bonchev–Trinajstić information content (AvgIpc) is 2.93. The minimum atomic E-state index is -0.00433. The Labute approximate surface area is 133 Å². The second-order valence-corrected chi connectivity index (χ2v) is 8.51. The third kappa shape index (κ3) is 1.67. The Morgan fingerprint density at radius 3 is 2.73 bits per heavy atom. The first-order valence-corrected chi connectivity index (χ1v) is 8.81. The summed E-state index contributed by atoms with van der Waals surface area (Å²) in [4.78, 5) is 24.1. The van der Waals surface area contributed by atoms with Crippen LogP contribution in [0.15, 0.2) is 23.3 Å². The first-order chi connectivity index (χ1) is 10.4. The van der Waals surface area contributed by atoms with Gasteiger partial charge in [0, 0.05) is 17.8 Å². The maximum Gasteiger partial charge on any atom is 0.156 e. The van der Waals surface area contributed by atoms with E-state index in [1.54, 1.807) is 6.92 Å². The molecule has 22 heavy (non-hydrogen) atoms. The van der Waals surface area contributed by atoms with E-state index in [-0.39, 0.29) is 16.7 Å². The van der Waals surface area contributed by atoms with E-state index < -0.39 is 0 Å². The van der Waals surface area contributed by atoms with E-state index in [2.05, 4.69) is 19.9 Å². The molecule has 0 aliphatic heterocycles. The fourth-order valence-corrected chi connectivity index (χ4v) is 6.39. The molecule has 0 unspecified atom stereocenters. The summed E-state index contributed by atoms with van der Waals surface area (Å²) in [6, 6.07) is 0. The Kier molecular flexibility index (Phi) is 2.90. The molecular formula is C20H26O2. The van der Waals surface area contributed by atoms with Gasteiger partial charge in [0.25, 0.3) is 0 Å². The van der Waals surface area contributed by atoms with Crippen molar-refractivity contribution >= 4 is 11.6 Å². The molecule has 0 N–H and O–H groups in total. The van der Waals surface area contributed by atoms with Gasteiger partial charge in [0.15, 0.2) is 5.78 Å². The lowest BCUT2D eigenvalue weighted by Crippen LogP contribution is -2.43. The van der Waals surface area contributed by atoms with E-state index in [1.165, 1.54) is 24.0 Å². The Balaban J connectivity index is 1.75. The summed E-state index contributed by atoms with van der Waals surface area (Å²) in [6.45, 7) is 6.40. The van der Waals surface area contributed by atoms with Crippen molar-refractivity contribution in [2.45, 2.75) is 59.3 Å². The van der Waals surface area contributed by atoms with E-state index >= 15 is 0 Å². The molecule has 0 aromatic carbocycles. The first-order valence-electron chi connectivity index (χ1n) is 8.81. The summed E-state index contributed by atoms with van der Waals surface area (Å²) < 4.78 is 0. The second-order valence-electron chi connectivity index (χ2n) is 8.51. The molecule has 0 spiro atoms. The summed E-state index contributed by atoms with van der Waals surface area (Å²) in [5.74, 6) is 2.15. The van der Waals surface area contributed by atoms with Crippen molar-refractivity contribution in [3.05, 3.63) is 23.3 Å². The lowest BCUT2D eigenvalue weighted by Gasteiger charge is -2.51. The molecule has 2 heteroatoms. The van der Waals surface area contributed by atoms with Crippen LogP contribution >= 0.6 is 0 Å². The number of allylic oxidation sites excluding steroid dienone is 4. The van der Waals surface area contributed by atoms with E-state index in [0.29, 0.717) is 29.8 Å². The third-order valence-electron chi connectivity index (χ3n) is 7.48. The summed E-state index contributed by atoms with van der Waals surface area (Å²) >= 11 is 0. The highest BCUT2D eigenvalue weighted by atomic mass is 16.1. The smallest absolute Gasteiger partial charge is 0.156 e. The minimum Gasteiger partial charge on any atom is -0.300 e. The number of hydrogen-bond acceptors (Lipinski definition) is 2. The number of carbonyl (C=O) groups is 2. The normalized spacial score (nSPS) is 46.5. The van der Waals surface area contributed by atoms with Gasteiger partial charge in [-0.3, -0.25) is 9.59 Å². The van der Waals surface area contributed by atoms with Crippen LogP contribution in [-0.4, -0.2) is 11.6 Å². The van der Waals surface area contributed by atoms with Gasteiger partial charge in [-0.15, -0.1) is 0 Å². The van der Waals surface area contributed by atoms with Crippen LogP contribution in [0.1, 0.15) is 59.3 Å². The number of ketones is 2. The van der Waals surface area contributed by atoms with Gasteiger partial charge in [-0.2, -0.15) is 0 Å². The van der Waals surface area contributed by atoms with Gasteiger partial charge >= 0.3 is 0 Å². The standard InChI is InChI=1S/C20H26O2/c1-12(21)16-6-7-17-15-5-4-13-10-14(22)11-20(13,3)18(15)8-9-19(16,17)2/h8,10,15-17H,4-7,9,11H2,1-3H3/t15-,16+,17+,19-,20+/m1/s1. The molecule has 2 saturated carbocycles. The molecule has 4 aliphatic rings. The zero-order valence-electron chi connectivity index (χ0n) is 13.9. The van der Waals surface area contributed by atoms with Crippen molar-refractivity contribution in [1.82, 2.24) is 0 Å². The minimum absolute atomic E-state index is 0.00433. The van der Waals surface area contributed by atoms with Gasteiger partial charge in [0.05, 0.1) is 0 Å². The molecule has 4 rings (SSSR count). The van der Waals surface area contributed by atoms with Crippen LogP contribution in [0.2, 0.25) is 0 Å². The molecule has 0 bridgehead atoms. The van der Waals surface area contributed by atoms with E-state index in [1.807, 2.05) is 6.08 Å².